The van der Waals surface area contributed by atoms with Crippen molar-refractivity contribution in [3.8, 4) is 0 Å². The maximum absolute atomic E-state index is 13.4. The van der Waals surface area contributed by atoms with Crippen molar-refractivity contribution in [2.24, 2.45) is 0 Å². The highest BCUT2D eigenvalue weighted by molar-refractivity contribution is 5.51. The van der Waals surface area contributed by atoms with E-state index < -0.39 is 12.2 Å². The third-order valence-corrected chi connectivity index (χ3v) is 3.18. The van der Waals surface area contributed by atoms with E-state index in [1.54, 1.807) is 13.0 Å². The molecular formula is C14H16F3N5. The predicted molar refractivity (Wildman–Crippen MR) is 77.2 cm³/mol. The van der Waals surface area contributed by atoms with Crippen LogP contribution in [0.25, 0.3) is 0 Å². The van der Waals surface area contributed by atoms with E-state index >= 15 is 0 Å². The van der Waals surface area contributed by atoms with Crippen LogP contribution in [-0.2, 0) is 6.42 Å². The van der Waals surface area contributed by atoms with Gasteiger partial charge < -0.3 is 11.1 Å². The normalized spacial score (nSPS) is 13.0. The summed E-state index contributed by atoms with van der Waals surface area (Å²) >= 11 is 0. The molecule has 2 rings (SSSR count). The molecule has 0 bridgehead atoms. The van der Waals surface area contributed by atoms with Gasteiger partial charge in [-0.05, 0) is 25.5 Å². The summed E-state index contributed by atoms with van der Waals surface area (Å²) in [6.07, 6.45) is -2.72. The van der Waals surface area contributed by atoms with Crippen molar-refractivity contribution in [3.63, 3.8) is 0 Å². The van der Waals surface area contributed by atoms with Gasteiger partial charge in [0.25, 0.3) is 0 Å². The van der Waals surface area contributed by atoms with Crippen LogP contribution >= 0.6 is 0 Å². The Morgan fingerprint density at radius 2 is 2.00 bits per heavy atom. The van der Waals surface area contributed by atoms with Gasteiger partial charge in [0.05, 0.1) is 5.69 Å². The zero-order valence-corrected chi connectivity index (χ0v) is 12.1. The lowest BCUT2D eigenvalue weighted by atomic mass is 10.1. The standard InChI is InChI=1S/C14H16F3N5/c1-3-9-8(2)20-13(18)22-12(9)21-11(14(15,16)17)10-6-4-5-7-19-10/h4-7,11H,3H2,1-2H3,(H3,18,20,21,22)/t11-/m0/s1. The first-order chi connectivity index (χ1) is 10.3. The first-order valence-electron chi connectivity index (χ1n) is 6.70. The summed E-state index contributed by atoms with van der Waals surface area (Å²) in [5.41, 5.74) is 6.57. The molecule has 3 N–H and O–H groups in total. The molecule has 2 aromatic heterocycles. The third-order valence-electron chi connectivity index (χ3n) is 3.18. The van der Waals surface area contributed by atoms with Crippen molar-refractivity contribution < 1.29 is 13.2 Å². The molecule has 0 aliphatic heterocycles. The van der Waals surface area contributed by atoms with Crippen molar-refractivity contribution in [2.45, 2.75) is 32.5 Å². The Labute approximate surface area is 125 Å². The molecule has 0 saturated heterocycles. The number of nitrogens with two attached hydrogens (primary N) is 1. The predicted octanol–water partition coefficient (Wildman–Crippen LogP) is 3.04. The van der Waals surface area contributed by atoms with Crippen LogP contribution in [0.2, 0.25) is 0 Å². The number of halogens is 3. The van der Waals surface area contributed by atoms with Crippen LogP contribution in [-0.4, -0.2) is 21.1 Å². The molecule has 2 heterocycles. The molecule has 0 radical (unpaired) electrons. The molecule has 0 aliphatic rings. The van der Waals surface area contributed by atoms with Crippen LogP contribution in [0.15, 0.2) is 24.4 Å². The number of nitrogens with one attached hydrogen (secondary N) is 1. The third kappa shape index (κ3) is 3.44. The summed E-state index contributed by atoms with van der Waals surface area (Å²) in [4.78, 5) is 11.7. The van der Waals surface area contributed by atoms with Crippen LogP contribution in [0, 0.1) is 6.92 Å². The zero-order valence-electron chi connectivity index (χ0n) is 12.1. The van der Waals surface area contributed by atoms with Crippen molar-refractivity contribution in [2.75, 3.05) is 11.1 Å². The Kier molecular flexibility index (Phi) is 4.48. The van der Waals surface area contributed by atoms with Crippen molar-refractivity contribution in [1.29, 1.82) is 0 Å². The second kappa shape index (κ2) is 6.17. The molecule has 1 atom stereocenters. The van der Waals surface area contributed by atoms with E-state index in [-0.39, 0.29) is 17.5 Å². The van der Waals surface area contributed by atoms with E-state index in [0.717, 1.165) is 0 Å². The minimum Gasteiger partial charge on any atom is -0.368 e. The molecule has 0 unspecified atom stereocenters. The summed E-state index contributed by atoms with van der Waals surface area (Å²) in [5.74, 6) is 0.0135. The monoisotopic (exact) mass is 311 g/mol. The molecule has 0 spiro atoms. The fourth-order valence-electron chi connectivity index (χ4n) is 2.17. The van der Waals surface area contributed by atoms with Gasteiger partial charge in [-0.15, -0.1) is 0 Å². The number of anilines is 2. The minimum atomic E-state index is -4.52. The number of nitrogen functional groups attached to an aromatic ring is 1. The summed E-state index contributed by atoms with van der Waals surface area (Å²) < 4.78 is 40.1. The van der Waals surface area contributed by atoms with Gasteiger partial charge in [-0.2, -0.15) is 18.2 Å². The molecule has 5 nitrogen and oxygen atoms in total. The molecule has 0 aliphatic carbocycles. The highest BCUT2D eigenvalue weighted by Gasteiger charge is 2.42. The van der Waals surface area contributed by atoms with Gasteiger partial charge in [-0.25, -0.2) is 4.98 Å². The fraction of sp³-hybridized carbons (Fsp3) is 0.357. The van der Waals surface area contributed by atoms with E-state index in [1.165, 1.54) is 18.3 Å². The van der Waals surface area contributed by atoms with E-state index in [4.69, 9.17) is 5.73 Å². The number of pyridine rings is 1. The van der Waals surface area contributed by atoms with Crippen LogP contribution < -0.4 is 11.1 Å². The lowest BCUT2D eigenvalue weighted by Crippen LogP contribution is -2.29. The van der Waals surface area contributed by atoms with Gasteiger partial charge >= 0.3 is 6.18 Å². The van der Waals surface area contributed by atoms with E-state index in [0.29, 0.717) is 17.7 Å². The first kappa shape index (κ1) is 16.0. The largest absolute Gasteiger partial charge is 0.414 e. The van der Waals surface area contributed by atoms with Gasteiger partial charge in [0.15, 0.2) is 6.04 Å². The molecule has 118 valence electrons. The maximum Gasteiger partial charge on any atom is 0.414 e. The topological polar surface area (TPSA) is 76.7 Å². The molecule has 2 aromatic rings. The number of nitrogens with zero attached hydrogens (tertiary/aromatic N) is 3. The number of aryl methyl sites for hydroxylation is 1. The van der Waals surface area contributed by atoms with E-state index in [1.807, 2.05) is 6.92 Å². The lowest BCUT2D eigenvalue weighted by Gasteiger charge is -2.23. The molecule has 0 saturated carbocycles. The molecule has 8 heteroatoms. The first-order valence-corrected chi connectivity index (χ1v) is 6.70. The van der Waals surface area contributed by atoms with Crippen LogP contribution in [0.3, 0.4) is 0 Å². The Hall–Kier alpha value is -2.38. The van der Waals surface area contributed by atoms with Crippen LogP contribution in [0.1, 0.15) is 29.9 Å². The molecular weight excluding hydrogens is 295 g/mol. The average Bonchev–Trinajstić information content (AvgIpc) is 2.44. The van der Waals surface area contributed by atoms with Crippen LogP contribution in [0.4, 0.5) is 24.9 Å². The van der Waals surface area contributed by atoms with Gasteiger partial charge in [-0.1, -0.05) is 13.0 Å². The van der Waals surface area contributed by atoms with Gasteiger partial charge in [0, 0.05) is 17.5 Å². The summed E-state index contributed by atoms with van der Waals surface area (Å²) in [6.45, 7) is 3.50. The Balaban J connectivity index is 2.45. The van der Waals surface area contributed by atoms with E-state index in [9.17, 15) is 13.2 Å². The quantitative estimate of drug-likeness (QED) is 0.907. The van der Waals surface area contributed by atoms with Crippen molar-refractivity contribution in [3.05, 3.63) is 41.3 Å². The highest BCUT2D eigenvalue weighted by atomic mass is 19.4. The number of rotatable bonds is 4. The SMILES string of the molecule is CCc1c(C)nc(N)nc1N[C@@H](c1ccccn1)C(F)(F)F. The van der Waals surface area contributed by atoms with Crippen molar-refractivity contribution >= 4 is 11.8 Å². The fourth-order valence-corrected chi connectivity index (χ4v) is 2.17. The summed E-state index contributed by atoms with van der Waals surface area (Å²) in [7, 11) is 0. The second-order valence-corrected chi connectivity index (χ2v) is 4.72. The average molecular weight is 311 g/mol. The Bertz CT molecular complexity index is 643. The number of hydrogen-bond acceptors (Lipinski definition) is 5. The van der Waals surface area contributed by atoms with Crippen molar-refractivity contribution in [1.82, 2.24) is 15.0 Å². The summed E-state index contributed by atoms with van der Waals surface area (Å²) in [5, 5.41) is 2.42. The lowest BCUT2D eigenvalue weighted by molar-refractivity contribution is -0.144. The molecule has 0 aromatic carbocycles. The highest BCUT2D eigenvalue weighted by Crippen LogP contribution is 2.35. The number of aromatic nitrogens is 3. The molecule has 0 fully saturated rings. The zero-order chi connectivity index (χ0) is 16.3. The Morgan fingerprint density at radius 3 is 2.55 bits per heavy atom. The molecule has 22 heavy (non-hydrogen) atoms. The summed E-state index contributed by atoms with van der Waals surface area (Å²) in [6, 6.07) is 2.41. The van der Waals surface area contributed by atoms with Gasteiger partial charge in [0.1, 0.15) is 5.82 Å². The number of hydrogen-bond donors (Lipinski definition) is 2. The van der Waals surface area contributed by atoms with Crippen LogP contribution in [0.5, 0.6) is 0 Å². The second-order valence-electron chi connectivity index (χ2n) is 4.72. The molecule has 0 amide bonds. The minimum absolute atomic E-state index is 0.0702. The number of alkyl halides is 3. The van der Waals surface area contributed by atoms with Gasteiger partial charge in [-0.3, -0.25) is 4.98 Å². The Morgan fingerprint density at radius 1 is 1.27 bits per heavy atom. The maximum atomic E-state index is 13.4. The van der Waals surface area contributed by atoms with E-state index in [2.05, 4.69) is 20.3 Å². The van der Waals surface area contributed by atoms with Gasteiger partial charge in [0.2, 0.25) is 5.95 Å². The smallest absolute Gasteiger partial charge is 0.368 e.